The maximum absolute atomic E-state index is 11.5. The van der Waals surface area contributed by atoms with Gasteiger partial charge in [0.25, 0.3) is 5.91 Å². The Balaban J connectivity index is 2.84. The van der Waals surface area contributed by atoms with Gasteiger partial charge in [-0.3, -0.25) is 10.1 Å². The van der Waals surface area contributed by atoms with Gasteiger partial charge >= 0.3 is 6.03 Å². The first-order chi connectivity index (χ1) is 8.45. The van der Waals surface area contributed by atoms with Crippen LogP contribution in [0.4, 0.5) is 4.79 Å². The van der Waals surface area contributed by atoms with Crippen molar-refractivity contribution in [3.8, 4) is 5.75 Å². The summed E-state index contributed by atoms with van der Waals surface area (Å²) in [5.74, 6) is -0.320. The van der Waals surface area contributed by atoms with Gasteiger partial charge in [0.1, 0.15) is 5.75 Å². The molecule has 0 bridgehead atoms. The molecule has 1 atom stereocenters. The average molecular weight is 272 g/mol. The van der Waals surface area contributed by atoms with Gasteiger partial charge in [0, 0.05) is 12.1 Å². The van der Waals surface area contributed by atoms with Crippen LogP contribution in [0.2, 0.25) is 5.02 Å². The molecule has 98 valence electrons. The maximum atomic E-state index is 11.5. The topological polar surface area (TPSA) is 107 Å². The van der Waals surface area contributed by atoms with Crippen molar-refractivity contribution >= 4 is 23.5 Å². The van der Waals surface area contributed by atoms with Crippen LogP contribution >= 0.6 is 11.6 Å². The second-order valence-corrected chi connectivity index (χ2v) is 3.95. The first-order valence-corrected chi connectivity index (χ1v) is 5.58. The Morgan fingerprint density at radius 2 is 2.17 bits per heavy atom. The number of amides is 3. The summed E-state index contributed by atoms with van der Waals surface area (Å²) in [5, 5.41) is 2.26. The van der Waals surface area contributed by atoms with E-state index in [-0.39, 0.29) is 6.54 Å². The van der Waals surface area contributed by atoms with E-state index in [0.29, 0.717) is 16.3 Å². The van der Waals surface area contributed by atoms with Crippen LogP contribution < -0.4 is 21.5 Å². The summed E-state index contributed by atoms with van der Waals surface area (Å²) in [5.41, 5.74) is 11.0. The number of imide groups is 1. The third-order valence-electron chi connectivity index (χ3n) is 2.18. The molecule has 1 aromatic rings. The SMILES string of the molecule is CC(Oc1c(Cl)cccc1CN)C(=O)NC(N)=O. The molecule has 0 aliphatic heterocycles. The van der Waals surface area contributed by atoms with Crippen molar-refractivity contribution in [1.82, 2.24) is 5.32 Å². The molecule has 0 saturated heterocycles. The van der Waals surface area contributed by atoms with Crippen LogP contribution in [0.15, 0.2) is 18.2 Å². The number of urea groups is 1. The predicted octanol–water partition coefficient (Wildman–Crippen LogP) is 0.761. The highest BCUT2D eigenvalue weighted by molar-refractivity contribution is 6.32. The minimum absolute atomic E-state index is 0.222. The summed E-state index contributed by atoms with van der Waals surface area (Å²) in [7, 11) is 0. The van der Waals surface area contributed by atoms with Crippen LogP contribution in [0, 0.1) is 0 Å². The second-order valence-electron chi connectivity index (χ2n) is 3.55. The van der Waals surface area contributed by atoms with Crippen LogP contribution in [0.25, 0.3) is 0 Å². The molecule has 6 nitrogen and oxygen atoms in total. The lowest BCUT2D eigenvalue weighted by atomic mass is 10.2. The molecule has 1 rings (SSSR count). The van der Waals surface area contributed by atoms with Gasteiger partial charge in [-0.2, -0.15) is 0 Å². The molecule has 1 unspecified atom stereocenters. The number of carbonyl (C=O) groups excluding carboxylic acids is 2. The summed E-state index contributed by atoms with van der Waals surface area (Å²) in [6.45, 7) is 1.70. The number of hydrogen-bond donors (Lipinski definition) is 3. The minimum atomic E-state index is -0.936. The fraction of sp³-hybridized carbons (Fsp3) is 0.273. The lowest BCUT2D eigenvalue weighted by molar-refractivity contribution is -0.126. The Hall–Kier alpha value is -1.79. The van der Waals surface area contributed by atoms with E-state index >= 15 is 0 Å². The molecule has 18 heavy (non-hydrogen) atoms. The van der Waals surface area contributed by atoms with E-state index < -0.39 is 18.0 Å². The lowest BCUT2D eigenvalue weighted by Gasteiger charge is -2.17. The number of benzene rings is 1. The third kappa shape index (κ3) is 3.61. The first kappa shape index (κ1) is 14.3. The molecule has 0 aromatic heterocycles. The van der Waals surface area contributed by atoms with E-state index in [1.807, 2.05) is 5.32 Å². The molecule has 0 aliphatic rings. The fourth-order valence-electron chi connectivity index (χ4n) is 1.30. The van der Waals surface area contributed by atoms with Crippen molar-refractivity contribution in [2.75, 3.05) is 0 Å². The molecule has 0 heterocycles. The summed E-state index contributed by atoms with van der Waals surface area (Å²) in [6.07, 6.45) is -0.914. The zero-order chi connectivity index (χ0) is 13.7. The predicted molar refractivity (Wildman–Crippen MR) is 67.2 cm³/mol. The molecular formula is C11H14ClN3O3. The number of rotatable bonds is 4. The van der Waals surface area contributed by atoms with Gasteiger partial charge in [0.15, 0.2) is 6.10 Å². The van der Waals surface area contributed by atoms with Crippen LogP contribution in [0.1, 0.15) is 12.5 Å². The van der Waals surface area contributed by atoms with Crippen molar-refractivity contribution in [1.29, 1.82) is 0 Å². The van der Waals surface area contributed by atoms with E-state index in [1.165, 1.54) is 6.92 Å². The van der Waals surface area contributed by atoms with E-state index in [4.69, 9.17) is 27.8 Å². The van der Waals surface area contributed by atoms with E-state index in [0.717, 1.165) is 0 Å². The van der Waals surface area contributed by atoms with E-state index in [2.05, 4.69) is 0 Å². The number of carbonyl (C=O) groups is 2. The average Bonchev–Trinajstić information content (AvgIpc) is 2.30. The van der Waals surface area contributed by atoms with E-state index in [9.17, 15) is 9.59 Å². The number of hydrogen-bond acceptors (Lipinski definition) is 4. The van der Waals surface area contributed by atoms with Gasteiger partial charge in [0.05, 0.1) is 5.02 Å². The minimum Gasteiger partial charge on any atom is -0.479 e. The Kier molecular flexibility index (Phi) is 4.94. The molecule has 5 N–H and O–H groups in total. The zero-order valence-corrected chi connectivity index (χ0v) is 10.5. The summed E-state index contributed by atoms with van der Waals surface area (Å²) in [6, 6.07) is 4.15. The van der Waals surface area contributed by atoms with Gasteiger partial charge in [-0.1, -0.05) is 23.7 Å². The number of para-hydroxylation sites is 1. The number of halogens is 1. The van der Waals surface area contributed by atoms with Crippen molar-refractivity contribution < 1.29 is 14.3 Å². The van der Waals surface area contributed by atoms with Gasteiger partial charge in [-0.05, 0) is 13.0 Å². The molecule has 0 spiro atoms. The van der Waals surface area contributed by atoms with Gasteiger partial charge < -0.3 is 16.2 Å². The maximum Gasteiger partial charge on any atom is 0.318 e. The normalized spacial score (nSPS) is 11.7. The van der Waals surface area contributed by atoms with Gasteiger partial charge in [-0.15, -0.1) is 0 Å². The highest BCUT2D eigenvalue weighted by Gasteiger charge is 2.18. The standard InChI is InChI=1S/C11H14ClN3O3/c1-6(10(16)15-11(14)17)18-9-7(5-13)3-2-4-8(9)12/h2-4,6H,5,13H2,1H3,(H3,14,15,16,17). The summed E-state index contributed by atoms with van der Waals surface area (Å²) in [4.78, 5) is 22.0. The van der Waals surface area contributed by atoms with Crippen molar-refractivity contribution in [3.05, 3.63) is 28.8 Å². The Bertz CT molecular complexity index is 465. The van der Waals surface area contributed by atoms with E-state index in [1.54, 1.807) is 18.2 Å². The monoisotopic (exact) mass is 271 g/mol. The van der Waals surface area contributed by atoms with Crippen molar-refractivity contribution in [3.63, 3.8) is 0 Å². The number of primary amides is 1. The molecule has 0 saturated carbocycles. The molecule has 0 radical (unpaired) electrons. The quantitative estimate of drug-likeness (QED) is 0.751. The first-order valence-electron chi connectivity index (χ1n) is 5.20. The van der Waals surface area contributed by atoms with Crippen LogP contribution in [-0.2, 0) is 11.3 Å². The highest BCUT2D eigenvalue weighted by Crippen LogP contribution is 2.29. The largest absolute Gasteiger partial charge is 0.479 e. The molecular weight excluding hydrogens is 258 g/mol. The number of nitrogens with one attached hydrogen (secondary N) is 1. The molecule has 0 fully saturated rings. The smallest absolute Gasteiger partial charge is 0.318 e. The summed E-state index contributed by atoms with van der Waals surface area (Å²) < 4.78 is 5.40. The van der Waals surface area contributed by atoms with Gasteiger partial charge in [-0.25, -0.2) is 4.79 Å². The fourth-order valence-corrected chi connectivity index (χ4v) is 1.54. The molecule has 3 amide bonds. The highest BCUT2D eigenvalue weighted by atomic mass is 35.5. The van der Waals surface area contributed by atoms with Crippen LogP contribution in [0.3, 0.4) is 0 Å². The second kappa shape index (κ2) is 6.23. The van der Waals surface area contributed by atoms with Gasteiger partial charge in [0.2, 0.25) is 0 Å². The Morgan fingerprint density at radius 3 is 2.72 bits per heavy atom. The Morgan fingerprint density at radius 1 is 1.50 bits per heavy atom. The molecule has 0 aliphatic carbocycles. The van der Waals surface area contributed by atoms with Crippen LogP contribution in [-0.4, -0.2) is 18.0 Å². The van der Waals surface area contributed by atoms with Crippen LogP contribution in [0.5, 0.6) is 5.75 Å². The lowest BCUT2D eigenvalue weighted by Crippen LogP contribution is -2.42. The molecule has 1 aromatic carbocycles. The third-order valence-corrected chi connectivity index (χ3v) is 2.48. The molecule has 7 heteroatoms. The summed E-state index contributed by atoms with van der Waals surface area (Å²) >= 11 is 5.96. The number of nitrogens with two attached hydrogens (primary N) is 2. The zero-order valence-electron chi connectivity index (χ0n) is 9.77. The van der Waals surface area contributed by atoms with Crippen molar-refractivity contribution in [2.24, 2.45) is 11.5 Å². The number of ether oxygens (including phenoxy) is 1. The van der Waals surface area contributed by atoms with Crippen molar-refractivity contribution in [2.45, 2.75) is 19.6 Å². The Labute approximate surface area is 109 Å².